The summed E-state index contributed by atoms with van der Waals surface area (Å²) in [6.45, 7) is 5.77. The number of hydrogen-bond acceptors (Lipinski definition) is 4. The van der Waals surface area contributed by atoms with Crippen LogP contribution in [0.25, 0.3) is 0 Å². The Labute approximate surface area is 143 Å². The maximum absolute atomic E-state index is 12.2. The third kappa shape index (κ3) is 2.18. The highest BCUT2D eigenvalue weighted by molar-refractivity contribution is 5.92. The van der Waals surface area contributed by atoms with E-state index in [-0.39, 0.29) is 22.8 Å². The lowest BCUT2D eigenvalue weighted by Gasteiger charge is -2.56. The molecule has 1 saturated heterocycles. The van der Waals surface area contributed by atoms with Crippen molar-refractivity contribution in [2.24, 2.45) is 22.7 Å². The van der Waals surface area contributed by atoms with Gasteiger partial charge in [0.25, 0.3) is 0 Å². The van der Waals surface area contributed by atoms with Crippen molar-refractivity contribution in [1.29, 1.82) is 0 Å². The van der Waals surface area contributed by atoms with Crippen LogP contribution < -0.4 is 0 Å². The van der Waals surface area contributed by atoms with Crippen LogP contribution >= 0.6 is 0 Å². The second-order valence-electron chi connectivity index (χ2n) is 8.34. The van der Waals surface area contributed by atoms with E-state index >= 15 is 0 Å². The molecule has 0 N–H and O–H groups in total. The molecule has 1 spiro atoms. The summed E-state index contributed by atoms with van der Waals surface area (Å²) >= 11 is 0. The molecule has 2 fully saturated rings. The number of cyclic esters (lactones) is 2. The summed E-state index contributed by atoms with van der Waals surface area (Å²) in [4.78, 5) is 23.5. The molecule has 0 amide bonds. The third-order valence-electron chi connectivity index (χ3n) is 7.34. The monoisotopic (exact) mass is 330 g/mol. The maximum Gasteiger partial charge on any atom is 0.334 e. The molecule has 4 heteroatoms. The summed E-state index contributed by atoms with van der Waals surface area (Å²) in [7, 11) is 0. The van der Waals surface area contributed by atoms with Crippen molar-refractivity contribution in [3.63, 3.8) is 0 Å². The van der Waals surface area contributed by atoms with Gasteiger partial charge >= 0.3 is 11.9 Å². The minimum atomic E-state index is -0.207. The highest BCUT2D eigenvalue weighted by atomic mass is 16.5. The van der Waals surface area contributed by atoms with Gasteiger partial charge in [-0.15, -0.1) is 0 Å². The fraction of sp³-hybridized carbons (Fsp3) is 0.700. The Balaban J connectivity index is 1.61. The average Bonchev–Trinajstić information content (AvgIpc) is 3.13. The number of hydrogen-bond donors (Lipinski definition) is 0. The minimum absolute atomic E-state index is 0.0625. The normalized spacial score (nSPS) is 41.1. The van der Waals surface area contributed by atoms with Gasteiger partial charge in [-0.3, -0.25) is 0 Å². The quantitative estimate of drug-likeness (QED) is 0.742. The number of allylic oxidation sites excluding steroid dienone is 1. The molecular formula is C20H26O4. The number of carbonyl (C=O) groups is 2. The zero-order valence-electron chi connectivity index (χ0n) is 14.6. The summed E-state index contributed by atoms with van der Waals surface area (Å²) in [6, 6.07) is 0. The predicted molar refractivity (Wildman–Crippen MR) is 89.0 cm³/mol. The second-order valence-corrected chi connectivity index (χ2v) is 8.34. The van der Waals surface area contributed by atoms with E-state index in [1.807, 2.05) is 0 Å². The van der Waals surface area contributed by atoms with Gasteiger partial charge in [0.1, 0.15) is 13.2 Å². The molecule has 4 atom stereocenters. The lowest BCUT2D eigenvalue weighted by molar-refractivity contribution is -0.136. The van der Waals surface area contributed by atoms with Gasteiger partial charge in [-0.2, -0.15) is 0 Å². The standard InChI is InChI=1S/C20H26O4/c1-13-6-9-20-12-24-18(22)15(20)4-3-5-16(20)19(13,2)8-7-14-10-17(21)23-11-14/h4,10,13,16H,3,5-9,11-12H2,1-2H3. The van der Waals surface area contributed by atoms with Crippen LogP contribution in [-0.4, -0.2) is 25.2 Å². The molecule has 2 heterocycles. The van der Waals surface area contributed by atoms with E-state index in [9.17, 15) is 9.59 Å². The van der Waals surface area contributed by atoms with Crippen LogP contribution in [0.1, 0.15) is 52.4 Å². The van der Waals surface area contributed by atoms with Gasteiger partial charge in [-0.1, -0.05) is 19.9 Å². The van der Waals surface area contributed by atoms with Crippen LogP contribution in [0.2, 0.25) is 0 Å². The molecule has 4 rings (SSSR count). The molecule has 2 aliphatic heterocycles. The first-order chi connectivity index (χ1) is 11.5. The van der Waals surface area contributed by atoms with Crippen molar-refractivity contribution in [3.05, 3.63) is 23.3 Å². The van der Waals surface area contributed by atoms with E-state index in [4.69, 9.17) is 9.47 Å². The molecule has 0 aromatic rings. The second kappa shape index (κ2) is 5.47. The van der Waals surface area contributed by atoms with Gasteiger partial charge in [0.05, 0.1) is 0 Å². The Bertz CT molecular complexity index is 646. The zero-order chi connectivity index (χ0) is 16.9. The smallest absolute Gasteiger partial charge is 0.334 e. The van der Waals surface area contributed by atoms with E-state index < -0.39 is 0 Å². The first-order valence-electron chi connectivity index (χ1n) is 9.20. The van der Waals surface area contributed by atoms with Crippen molar-refractivity contribution in [2.45, 2.75) is 52.4 Å². The van der Waals surface area contributed by atoms with Crippen molar-refractivity contribution >= 4 is 11.9 Å². The van der Waals surface area contributed by atoms with Gasteiger partial charge in [0.15, 0.2) is 0 Å². The van der Waals surface area contributed by atoms with Crippen LogP contribution in [0.4, 0.5) is 0 Å². The Morgan fingerprint density at radius 2 is 2.08 bits per heavy atom. The summed E-state index contributed by atoms with van der Waals surface area (Å²) in [5.41, 5.74) is 2.17. The largest absolute Gasteiger partial charge is 0.461 e. The first-order valence-corrected chi connectivity index (χ1v) is 9.20. The molecular weight excluding hydrogens is 304 g/mol. The highest BCUT2D eigenvalue weighted by Crippen LogP contribution is 2.63. The highest BCUT2D eigenvalue weighted by Gasteiger charge is 2.60. The molecule has 130 valence electrons. The number of carbonyl (C=O) groups excluding carboxylic acids is 2. The van der Waals surface area contributed by atoms with Crippen molar-refractivity contribution in [1.82, 2.24) is 0 Å². The Hall–Kier alpha value is -1.58. The lowest BCUT2D eigenvalue weighted by atomic mass is 9.47. The molecule has 4 nitrogen and oxygen atoms in total. The van der Waals surface area contributed by atoms with E-state index in [0.717, 1.165) is 49.7 Å². The average molecular weight is 330 g/mol. The van der Waals surface area contributed by atoms with Crippen molar-refractivity contribution < 1.29 is 19.1 Å². The number of rotatable bonds is 3. The van der Waals surface area contributed by atoms with Gasteiger partial charge in [0, 0.05) is 17.1 Å². The van der Waals surface area contributed by atoms with Gasteiger partial charge in [0.2, 0.25) is 0 Å². The van der Waals surface area contributed by atoms with Gasteiger partial charge < -0.3 is 9.47 Å². The van der Waals surface area contributed by atoms with Crippen LogP contribution in [0.3, 0.4) is 0 Å². The molecule has 2 aliphatic carbocycles. The maximum atomic E-state index is 12.2. The van der Waals surface area contributed by atoms with Crippen molar-refractivity contribution in [3.8, 4) is 0 Å². The molecule has 0 bridgehead atoms. The summed E-state index contributed by atoms with van der Waals surface area (Å²) in [5.74, 6) is 0.802. The van der Waals surface area contributed by atoms with E-state index in [1.165, 1.54) is 0 Å². The van der Waals surface area contributed by atoms with Crippen LogP contribution in [-0.2, 0) is 19.1 Å². The van der Waals surface area contributed by atoms with E-state index in [2.05, 4.69) is 19.9 Å². The SMILES string of the molecule is CC1CCC23COC(=O)C2=CCCC3C1(C)CCC1=CC(=O)OC1. The van der Waals surface area contributed by atoms with Crippen LogP contribution in [0.15, 0.2) is 23.3 Å². The van der Waals surface area contributed by atoms with Crippen LogP contribution in [0, 0.1) is 22.7 Å². The van der Waals surface area contributed by atoms with Gasteiger partial charge in [-0.05, 0) is 61.3 Å². The Morgan fingerprint density at radius 3 is 2.83 bits per heavy atom. The zero-order valence-corrected chi connectivity index (χ0v) is 14.6. The molecule has 24 heavy (non-hydrogen) atoms. The molecule has 0 aromatic carbocycles. The first kappa shape index (κ1) is 15.9. The number of esters is 2. The minimum Gasteiger partial charge on any atom is -0.461 e. The van der Waals surface area contributed by atoms with E-state index in [1.54, 1.807) is 6.08 Å². The molecule has 4 unspecified atom stereocenters. The summed E-state index contributed by atoms with van der Waals surface area (Å²) in [6.07, 6.45) is 10.1. The van der Waals surface area contributed by atoms with Gasteiger partial charge in [-0.25, -0.2) is 9.59 Å². The summed E-state index contributed by atoms with van der Waals surface area (Å²) in [5, 5.41) is 0. The van der Waals surface area contributed by atoms with Crippen molar-refractivity contribution in [2.75, 3.05) is 13.2 Å². The summed E-state index contributed by atoms with van der Waals surface area (Å²) < 4.78 is 10.5. The predicted octanol–water partition coefficient (Wildman–Crippen LogP) is 3.57. The molecule has 1 saturated carbocycles. The molecule has 0 aromatic heterocycles. The fourth-order valence-electron chi connectivity index (χ4n) is 5.70. The Kier molecular flexibility index (Phi) is 3.63. The van der Waals surface area contributed by atoms with E-state index in [0.29, 0.717) is 25.0 Å². The lowest BCUT2D eigenvalue weighted by Crippen LogP contribution is -2.51. The number of ether oxygens (including phenoxy) is 2. The van der Waals surface area contributed by atoms with Crippen LogP contribution in [0.5, 0.6) is 0 Å². The third-order valence-corrected chi connectivity index (χ3v) is 7.34. The Morgan fingerprint density at radius 1 is 1.25 bits per heavy atom. The topological polar surface area (TPSA) is 52.6 Å². The molecule has 4 aliphatic rings. The fourth-order valence-corrected chi connectivity index (χ4v) is 5.70. The molecule has 0 radical (unpaired) electrons.